The van der Waals surface area contributed by atoms with Gasteiger partial charge in [0.1, 0.15) is 23.9 Å². The predicted octanol–water partition coefficient (Wildman–Crippen LogP) is 8.62. The second kappa shape index (κ2) is 36.2. The van der Waals surface area contributed by atoms with E-state index in [0.717, 1.165) is 83.5 Å². The number of hydrogen-bond donors (Lipinski definition) is 3. The van der Waals surface area contributed by atoms with Crippen LogP contribution < -0.4 is 16.0 Å². The largest absolute Gasteiger partial charge is 0.464 e. The lowest BCUT2D eigenvalue weighted by Gasteiger charge is -2.20. The standard InChI is InChI=1S/C47H85N3O10/c1-9-58-45(55)39(32-35(2)3)48-42(52)27-22-16-12-13-17-23-29-44(54)50-41(34-37(6)7)47(57)60-31-25-19-18-24-30-59-46(56)40(33-36(4)5)49-43(53)28-21-15-11-10-14-20-26-38(8)51/h35-37,39-41H,9-34H2,1-8H3,(H,48,52)(H,49,53)(H,50,54). The molecule has 0 aromatic carbocycles. The van der Waals surface area contributed by atoms with E-state index < -0.39 is 30.1 Å². The lowest BCUT2D eigenvalue weighted by molar-refractivity contribution is -0.149. The van der Waals surface area contributed by atoms with Crippen molar-refractivity contribution in [2.75, 3.05) is 19.8 Å². The highest BCUT2D eigenvalue weighted by Crippen LogP contribution is 2.14. The van der Waals surface area contributed by atoms with Crippen molar-refractivity contribution < 1.29 is 47.8 Å². The normalized spacial score (nSPS) is 12.8. The molecule has 13 heteroatoms. The number of Topliss-reactive ketones (excluding diaryl/α,β-unsaturated/α-hetero) is 1. The first-order valence-electron chi connectivity index (χ1n) is 23.4. The van der Waals surface area contributed by atoms with Gasteiger partial charge in [-0.1, -0.05) is 92.9 Å². The Balaban J connectivity index is 4.30. The van der Waals surface area contributed by atoms with Gasteiger partial charge in [-0.05, 0) is 102 Å². The Morgan fingerprint density at radius 2 is 0.650 bits per heavy atom. The molecule has 0 radical (unpaired) electrons. The van der Waals surface area contributed by atoms with Gasteiger partial charge in [-0.2, -0.15) is 0 Å². The van der Waals surface area contributed by atoms with E-state index in [0.29, 0.717) is 64.2 Å². The molecule has 3 amide bonds. The first-order valence-corrected chi connectivity index (χ1v) is 23.4. The Bertz CT molecular complexity index is 1220. The summed E-state index contributed by atoms with van der Waals surface area (Å²) in [6.07, 6.45) is 17.0. The van der Waals surface area contributed by atoms with Gasteiger partial charge in [0.25, 0.3) is 0 Å². The molecule has 0 fully saturated rings. The first-order chi connectivity index (χ1) is 28.5. The number of nitrogens with one attached hydrogen (secondary N) is 3. The molecule has 0 rings (SSSR count). The number of rotatable bonds is 38. The van der Waals surface area contributed by atoms with Gasteiger partial charge in [-0.3, -0.25) is 14.4 Å². The van der Waals surface area contributed by atoms with Crippen molar-refractivity contribution >= 4 is 41.4 Å². The predicted molar refractivity (Wildman–Crippen MR) is 236 cm³/mol. The minimum absolute atomic E-state index is 0.135. The molecular formula is C47H85N3O10. The van der Waals surface area contributed by atoms with Crippen molar-refractivity contribution in [3.8, 4) is 0 Å². The van der Waals surface area contributed by atoms with E-state index in [1.165, 1.54) is 0 Å². The van der Waals surface area contributed by atoms with Crippen LogP contribution in [0.2, 0.25) is 0 Å². The maximum Gasteiger partial charge on any atom is 0.328 e. The second-order valence-electron chi connectivity index (χ2n) is 17.7. The number of esters is 3. The first kappa shape index (κ1) is 56.5. The Labute approximate surface area is 363 Å². The molecule has 0 aliphatic carbocycles. The van der Waals surface area contributed by atoms with Crippen molar-refractivity contribution in [3.05, 3.63) is 0 Å². The summed E-state index contributed by atoms with van der Waals surface area (Å²) >= 11 is 0. The van der Waals surface area contributed by atoms with Gasteiger partial charge in [0.15, 0.2) is 0 Å². The van der Waals surface area contributed by atoms with Gasteiger partial charge < -0.3 is 35.0 Å². The van der Waals surface area contributed by atoms with Gasteiger partial charge in [-0.25, -0.2) is 14.4 Å². The maximum atomic E-state index is 12.9. The molecular weight excluding hydrogens is 767 g/mol. The van der Waals surface area contributed by atoms with E-state index in [1.54, 1.807) is 13.8 Å². The zero-order valence-electron chi connectivity index (χ0n) is 38.9. The molecule has 3 atom stereocenters. The molecule has 0 aromatic rings. The smallest absolute Gasteiger partial charge is 0.328 e. The lowest BCUT2D eigenvalue weighted by atomic mass is 10.0. The third-order valence-electron chi connectivity index (χ3n) is 10.0. The van der Waals surface area contributed by atoms with Crippen LogP contribution >= 0.6 is 0 Å². The topological polar surface area (TPSA) is 183 Å². The molecule has 0 heterocycles. The monoisotopic (exact) mass is 852 g/mol. The SMILES string of the molecule is CCOC(=O)C(CC(C)C)NC(=O)CCCCCCCCC(=O)NC(CC(C)C)C(=O)OCCCCCCOC(=O)C(CC(C)C)NC(=O)CCCCCCCCC(C)=O. The summed E-state index contributed by atoms with van der Waals surface area (Å²) in [6.45, 7) is 16.2. The minimum atomic E-state index is -0.694. The quantitative estimate of drug-likeness (QED) is 0.0309. The highest BCUT2D eigenvalue weighted by atomic mass is 16.5. The summed E-state index contributed by atoms with van der Waals surface area (Å²) < 4.78 is 16.2. The van der Waals surface area contributed by atoms with E-state index in [1.807, 2.05) is 41.5 Å². The fraction of sp³-hybridized carbons (Fsp3) is 0.851. The molecule has 348 valence electrons. The van der Waals surface area contributed by atoms with Crippen LogP contribution in [-0.4, -0.2) is 79.4 Å². The number of ketones is 1. The Hall–Kier alpha value is -3.51. The molecule has 3 unspecified atom stereocenters. The third kappa shape index (κ3) is 33.2. The molecule has 13 nitrogen and oxygen atoms in total. The highest BCUT2D eigenvalue weighted by Gasteiger charge is 2.25. The second-order valence-corrected chi connectivity index (χ2v) is 17.7. The van der Waals surface area contributed by atoms with Gasteiger partial charge >= 0.3 is 17.9 Å². The summed E-state index contributed by atoms with van der Waals surface area (Å²) in [5, 5.41) is 8.57. The van der Waals surface area contributed by atoms with Gasteiger partial charge in [0, 0.05) is 25.7 Å². The van der Waals surface area contributed by atoms with Gasteiger partial charge in [0.05, 0.1) is 19.8 Å². The van der Waals surface area contributed by atoms with E-state index in [4.69, 9.17) is 14.2 Å². The number of hydrogen-bond acceptors (Lipinski definition) is 10. The van der Waals surface area contributed by atoms with Crippen molar-refractivity contribution in [2.45, 2.75) is 221 Å². The Morgan fingerprint density at radius 3 is 0.933 bits per heavy atom. The van der Waals surface area contributed by atoms with Gasteiger partial charge in [-0.15, -0.1) is 0 Å². The van der Waals surface area contributed by atoms with Gasteiger partial charge in [0.2, 0.25) is 17.7 Å². The van der Waals surface area contributed by atoms with E-state index in [-0.39, 0.29) is 67.0 Å². The zero-order valence-corrected chi connectivity index (χ0v) is 38.9. The molecule has 0 spiro atoms. The maximum absolute atomic E-state index is 12.9. The van der Waals surface area contributed by atoms with Crippen LogP contribution in [0.4, 0.5) is 0 Å². The zero-order chi connectivity index (χ0) is 45.1. The molecule has 0 bridgehead atoms. The Morgan fingerprint density at radius 1 is 0.383 bits per heavy atom. The molecule has 0 aliphatic heterocycles. The van der Waals surface area contributed by atoms with E-state index in [9.17, 15) is 33.6 Å². The number of carbonyl (C=O) groups excluding carboxylic acids is 7. The fourth-order valence-electron chi connectivity index (χ4n) is 6.85. The average Bonchev–Trinajstić information content (AvgIpc) is 3.16. The average molecular weight is 852 g/mol. The van der Waals surface area contributed by atoms with E-state index >= 15 is 0 Å². The number of unbranched alkanes of at least 4 members (excludes halogenated alkanes) is 13. The summed E-state index contributed by atoms with van der Waals surface area (Å²) in [6, 6.07) is -1.97. The van der Waals surface area contributed by atoms with Crippen LogP contribution in [0.5, 0.6) is 0 Å². The molecule has 60 heavy (non-hydrogen) atoms. The summed E-state index contributed by atoms with van der Waals surface area (Å²) in [5.41, 5.74) is 0. The number of carbonyl (C=O) groups is 7. The molecule has 0 saturated heterocycles. The van der Waals surface area contributed by atoms with Crippen LogP contribution in [0.25, 0.3) is 0 Å². The summed E-state index contributed by atoms with van der Waals surface area (Å²) in [7, 11) is 0. The fourth-order valence-corrected chi connectivity index (χ4v) is 6.85. The van der Waals surface area contributed by atoms with Crippen LogP contribution in [0.3, 0.4) is 0 Å². The van der Waals surface area contributed by atoms with Crippen molar-refractivity contribution in [1.29, 1.82) is 0 Å². The van der Waals surface area contributed by atoms with Crippen molar-refractivity contribution in [2.24, 2.45) is 17.8 Å². The number of amides is 3. The molecule has 3 N–H and O–H groups in total. The van der Waals surface area contributed by atoms with E-state index in [2.05, 4.69) is 16.0 Å². The van der Waals surface area contributed by atoms with Crippen LogP contribution in [-0.2, 0) is 47.8 Å². The molecule has 0 saturated carbocycles. The lowest BCUT2D eigenvalue weighted by Crippen LogP contribution is -2.42. The minimum Gasteiger partial charge on any atom is -0.464 e. The van der Waals surface area contributed by atoms with Crippen molar-refractivity contribution in [1.82, 2.24) is 16.0 Å². The molecule has 0 aliphatic rings. The van der Waals surface area contributed by atoms with Crippen LogP contribution in [0.15, 0.2) is 0 Å². The summed E-state index contributed by atoms with van der Waals surface area (Å²) in [5.74, 6) is -0.775. The summed E-state index contributed by atoms with van der Waals surface area (Å²) in [4.78, 5) is 86.6. The van der Waals surface area contributed by atoms with Crippen molar-refractivity contribution in [3.63, 3.8) is 0 Å². The highest BCUT2D eigenvalue weighted by molar-refractivity contribution is 5.85. The number of ether oxygens (including phenoxy) is 3. The third-order valence-corrected chi connectivity index (χ3v) is 10.0. The van der Waals surface area contributed by atoms with Crippen LogP contribution in [0.1, 0.15) is 203 Å². The Kier molecular flexibility index (Phi) is 34.1. The molecule has 0 aromatic heterocycles. The van der Waals surface area contributed by atoms with Crippen LogP contribution in [0, 0.1) is 17.8 Å².